The molecule has 4 N–H and O–H groups in total. The smallest absolute Gasteiger partial charge is 0.0649 e. The Labute approximate surface area is 195 Å². The van der Waals surface area contributed by atoms with Crippen molar-refractivity contribution in [3.8, 4) is 0 Å². The van der Waals surface area contributed by atoms with E-state index in [2.05, 4.69) is 26.2 Å². The third-order valence-electron chi connectivity index (χ3n) is 11.4. The van der Waals surface area contributed by atoms with Gasteiger partial charge >= 0.3 is 0 Å². The second-order valence-electron chi connectivity index (χ2n) is 12.5. The van der Waals surface area contributed by atoms with E-state index in [-0.39, 0.29) is 0 Å². The minimum absolute atomic E-state index is 0.428. The van der Waals surface area contributed by atoms with Gasteiger partial charge in [0.15, 0.2) is 0 Å². The van der Waals surface area contributed by atoms with Crippen molar-refractivity contribution in [1.29, 1.82) is 0 Å². The molecule has 5 aliphatic heterocycles. The maximum absolute atomic E-state index is 4.24. The van der Waals surface area contributed by atoms with E-state index < -0.39 is 0 Å². The molecule has 8 atom stereocenters. The maximum Gasteiger partial charge on any atom is 0.0649 e. The van der Waals surface area contributed by atoms with Crippen LogP contribution in [0.3, 0.4) is 0 Å². The van der Waals surface area contributed by atoms with Crippen LogP contribution in [0, 0.1) is 29.1 Å². The summed E-state index contributed by atoms with van der Waals surface area (Å²) in [4.78, 5) is 3.06. The highest BCUT2D eigenvalue weighted by molar-refractivity contribution is 5.24. The van der Waals surface area contributed by atoms with Crippen LogP contribution in [0.15, 0.2) is 0 Å². The van der Waals surface area contributed by atoms with Crippen molar-refractivity contribution < 1.29 is 0 Å². The first-order valence-electron chi connectivity index (χ1n) is 14.6. The molecule has 0 bridgehead atoms. The molecule has 7 rings (SSSR count). The number of rotatable bonds is 1. The summed E-state index contributed by atoms with van der Waals surface area (Å²) in [5, 5.41) is 16.8. The van der Waals surface area contributed by atoms with Gasteiger partial charge in [-0.2, -0.15) is 0 Å². The average Bonchev–Trinajstić information content (AvgIpc) is 3.16. The highest BCUT2D eigenvalue weighted by Gasteiger charge is 2.71. The van der Waals surface area contributed by atoms with Crippen LogP contribution in [0.5, 0.6) is 0 Å². The van der Waals surface area contributed by atoms with E-state index in [9.17, 15) is 0 Å². The van der Waals surface area contributed by atoms with E-state index in [0.717, 1.165) is 41.8 Å². The molecule has 2 saturated carbocycles. The van der Waals surface area contributed by atoms with Crippen LogP contribution in [0.1, 0.15) is 83.5 Å². The first kappa shape index (κ1) is 21.1. The lowest BCUT2D eigenvalue weighted by Crippen LogP contribution is -2.79. The third kappa shape index (κ3) is 2.93. The Morgan fingerprint density at radius 3 is 1.56 bits per heavy atom. The van der Waals surface area contributed by atoms with Crippen LogP contribution in [0.25, 0.3) is 0 Å². The summed E-state index contributed by atoms with van der Waals surface area (Å²) < 4.78 is 0. The number of fused-ring (bicyclic) bond motifs is 9. The molecule has 2 aliphatic carbocycles. The number of nitrogens with zero attached hydrogens (tertiary/aromatic N) is 1. The molecule has 0 aromatic carbocycles. The second kappa shape index (κ2) is 8.48. The number of hydrogen-bond acceptors (Lipinski definition) is 5. The first-order chi connectivity index (χ1) is 15.9. The van der Waals surface area contributed by atoms with Crippen LogP contribution < -0.4 is 21.3 Å². The van der Waals surface area contributed by atoms with E-state index in [1.165, 1.54) is 110 Å². The minimum Gasteiger partial charge on any atom is -0.313 e. The van der Waals surface area contributed by atoms with Crippen LogP contribution >= 0.6 is 0 Å². The molecular weight excluding hydrogens is 394 g/mol. The van der Waals surface area contributed by atoms with Crippen molar-refractivity contribution in [3.05, 3.63) is 0 Å². The molecule has 7 aliphatic rings. The molecule has 7 fully saturated rings. The Kier molecular flexibility index (Phi) is 5.59. The fraction of sp³-hybridized carbons (Fsp3) is 1.00. The monoisotopic (exact) mass is 441 g/mol. The van der Waals surface area contributed by atoms with Crippen LogP contribution in [0.4, 0.5) is 0 Å². The molecule has 0 aromatic heterocycles. The summed E-state index contributed by atoms with van der Waals surface area (Å²) in [5.41, 5.74) is 0.428. The Morgan fingerprint density at radius 2 is 1.00 bits per heavy atom. The molecule has 5 heterocycles. The van der Waals surface area contributed by atoms with Crippen LogP contribution in [0.2, 0.25) is 0 Å². The SMILES string of the molecule is C1CCC(N2C3NCCCC3C3(C4CCCNC42)C2NCCCC2C2CCCNC23)CC1. The number of piperidine rings is 5. The molecule has 5 saturated heterocycles. The normalized spacial score (nSPS) is 52.1. The van der Waals surface area contributed by atoms with Crippen molar-refractivity contribution in [3.63, 3.8) is 0 Å². The van der Waals surface area contributed by atoms with Gasteiger partial charge in [0.25, 0.3) is 0 Å². The van der Waals surface area contributed by atoms with E-state index in [4.69, 9.17) is 0 Å². The summed E-state index contributed by atoms with van der Waals surface area (Å²) in [7, 11) is 0. The average molecular weight is 442 g/mol. The lowest BCUT2D eigenvalue weighted by Gasteiger charge is -2.67. The lowest BCUT2D eigenvalue weighted by atomic mass is 9.52. The Balaban J connectivity index is 1.36. The summed E-state index contributed by atoms with van der Waals surface area (Å²) >= 11 is 0. The molecule has 5 nitrogen and oxygen atoms in total. The summed E-state index contributed by atoms with van der Waals surface area (Å²) in [6.07, 6.45) is 19.8. The standard InChI is InChI=1S/C27H47N5/c1-2-8-18(9-3-1)32-25-21(12-6-16-30-25)27(22-13-7-17-31-26(22)32)23-19(10-4-14-28-23)20-11-5-15-29-24(20)27/h18-26,28-31H,1-17H2. The van der Waals surface area contributed by atoms with Gasteiger partial charge in [0, 0.05) is 23.5 Å². The summed E-state index contributed by atoms with van der Waals surface area (Å²) in [6, 6.07) is 2.28. The largest absolute Gasteiger partial charge is 0.313 e. The maximum atomic E-state index is 4.24. The van der Waals surface area contributed by atoms with Crippen molar-refractivity contribution in [2.45, 2.75) is 114 Å². The van der Waals surface area contributed by atoms with Gasteiger partial charge in [0.2, 0.25) is 0 Å². The van der Waals surface area contributed by atoms with E-state index in [0.29, 0.717) is 17.7 Å². The lowest BCUT2D eigenvalue weighted by molar-refractivity contribution is -0.186. The highest BCUT2D eigenvalue weighted by atomic mass is 15.4. The second-order valence-corrected chi connectivity index (χ2v) is 12.5. The zero-order valence-electron chi connectivity index (χ0n) is 20.2. The Hall–Kier alpha value is -0.200. The topological polar surface area (TPSA) is 51.4 Å². The minimum atomic E-state index is 0.428. The summed E-state index contributed by atoms with van der Waals surface area (Å²) in [5.74, 6) is 3.43. The molecular formula is C27H47N5. The van der Waals surface area contributed by atoms with Gasteiger partial charge in [-0.25, -0.2) is 0 Å². The predicted octanol–water partition coefficient (Wildman–Crippen LogP) is 3.02. The van der Waals surface area contributed by atoms with Gasteiger partial charge in [-0.15, -0.1) is 0 Å². The van der Waals surface area contributed by atoms with Gasteiger partial charge in [-0.3, -0.25) is 4.90 Å². The van der Waals surface area contributed by atoms with Gasteiger partial charge in [0.05, 0.1) is 12.3 Å². The van der Waals surface area contributed by atoms with Crippen molar-refractivity contribution in [1.82, 2.24) is 26.2 Å². The van der Waals surface area contributed by atoms with Crippen molar-refractivity contribution in [2.24, 2.45) is 29.1 Å². The Morgan fingerprint density at radius 1 is 0.500 bits per heavy atom. The predicted molar refractivity (Wildman–Crippen MR) is 129 cm³/mol. The number of nitrogens with one attached hydrogen (secondary N) is 4. The molecule has 180 valence electrons. The van der Waals surface area contributed by atoms with Crippen LogP contribution in [-0.2, 0) is 0 Å². The fourth-order valence-electron chi connectivity index (χ4n) is 10.7. The molecule has 1 spiro atoms. The van der Waals surface area contributed by atoms with E-state index in [1.807, 2.05) is 0 Å². The summed E-state index contributed by atoms with van der Waals surface area (Å²) in [6.45, 7) is 4.95. The zero-order chi connectivity index (χ0) is 21.1. The molecule has 0 amide bonds. The van der Waals surface area contributed by atoms with E-state index >= 15 is 0 Å². The van der Waals surface area contributed by atoms with Crippen molar-refractivity contribution in [2.75, 3.05) is 26.2 Å². The number of likely N-dealkylation sites (tertiary alicyclic amines) is 1. The van der Waals surface area contributed by atoms with Crippen molar-refractivity contribution >= 4 is 0 Å². The van der Waals surface area contributed by atoms with Gasteiger partial charge in [-0.05, 0) is 114 Å². The first-order valence-corrected chi connectivity index (χ1v) is 14.6. The molecule has 0 aromatic rings. The fourth-order valence-corrected chi connectivity index (χ4v) is 10.7. The molecule has 0 radical (unpaired) electrons. The third-order valence-corrected chi connectivity index (χ3v) is 11.4. The Bertz CT molecular complexity index is 629. The molecule has 8 unspecified atom stereocenters. The molecule has 5 heteroatoms. The number of hydrogen-bond donors (Lipinski definition) is 4. The van der Waals surface area contributed by atoms with Gasteiger partial charge in [-0.1, -0.05) is 19.3 Å². The van der Waals surface area contributed by atoms with Crippen LogP contribution in [-0.4, -0.2) is 61.5 Å². The van der Waals surface area contributed by atoms with E-state index in [1.54, 1.807) is 0 Å². The highest BCUT2D eigenvalue weighted by Crippen LogP contribution is 2.65. The van der Waals surface area contributed by atoms with Gasteiger partial charge in [0.1, 0.15) is 0 Å². The van der Waals surface area contributed by atoms with Gasteiger partial charge < -0.3 is 21.3 Å². The molecule has 32 heavy (non-hydrogen) atoms. The quantitative estimate of drug-likeness (QED) is 0.504. The zero-order valence-corrected chi connectivity index (χ0v) is 20.2.